The summed E-state index contributed by atoms with van der Waals surface area (Å²) in [6.45, 7) is 7.98. The summed E-state index contributed by atoms with van der Waals surface area (Å²) in [6, 6.07) is 4.63. The Labute approximate surface area is 124 Å². The summed E-state index contributed by atoms with van der Waals surface area (Å²) >= 11 is 3.56. The third-order valence-electron chi connectivity index (χ3n) is 3.01. The van der Waals surface area contributed by atoms with Crippen molar-refractivity contribution < 1.29 is 9.47 Å². The van der Waals surface area contributed by atoms with Gasteiger partial charge in [-0.2, -0.15) is 0 Å². The van der Waals surface area contributed by atoms with E-state index >= 15 is 0 Å². The third kappa shape index (κ3) is 5.03. The SMILES string of the molecule is CCCOc1c(Br)cc(CNC(C)CC)cc1OC. The largest absolute Gasteiger partial charge is 0.493 e. The van der Waals surface area contributed by atoms with Crippen LogP contribution in [-0.4, -0.2) is 19.8 Å². The molecule has 1 aromatic rings. The van der Waals surface area contributed by atoms with Gasteiger partial charge in [-0.05, 0) is 53.4 Å². The Hall–Kier alpha value is -0.740. The first-order chi connectivity index (χ1) is 9.12. The maximum absolute atomic E-state index is 5.72. The van der Waals surface area contributed by atoms with Crippen LogP contribution < -0.4 is 14.8 Å². The molecule has 108 valence electrons. The molecular formula is C15H24BrNO2. The number of nitrogens with one attached hydrogen (secondary N) is 1. The lowest BCUT2D eigenvalue weighted by Gasteiger charge is -2.16. The average molecular weight is 330 g/mol. The standard InChI is InChI=1S/C15H24BrNO2/c1-5-7-19-15-13(16)8-12(9-14(15)18-4)10-17-11(3)6-2/h8-9,11,17H,5-7,10H2,1-4H3. The van der Waals surface area contributed by atoms with Gasteiger partial charge in [-0.1, -0.05) is 13.8 Å². The van der Waals surface area contributed by atoms with Gasteiger partial charge in [0.25, 0.3) is 0 Å². The average Bonchev–Trinajstić information content (AvgIpc) is 2.42. The molecule has 0 heterocycles. The molecule has 4 heteroatoms. The van der Waals surface area contributed by atoms with Gasteiger partial charge in [-0.25, -0.2) is 0 Å². The molecule has 0 aliphatic rings. The monoisotopic (exact) mass is 329 g/mol. The molecule has 1 N–H and O–H groups in total. The molecule has 0 aromatic heterocycles. The zero-order valence-corrected chi connectivity index (χ0v) is 13.8. The van der Waals surface area contributed by atoms with Crippen molar-refractivity contribution in [1.82, 2.24) is 5.32 Å². The third-order valence-corrected chi connectivity index (χ3v) is 3.60. The second kappa shape index (κ2) is 8.43. The molecule has 1 aromatic carbocycles. The van der Waals surface area contributed by atoms with Crippen LogP contribution in [0, 0.1) is 0 Å². The van der Waals surface area contributed by atoms with Crippen LogP contribution >= 0.6 is 15.9 Å². The zero-order valence-electron chi connectivity index (χ0n) is 12.3. The van der Waals surface area contributed by atoms with Crippen molar-refractivity contribution in [2.75, 3.05) is 13.7 Å². The summed E-state index contributed by atoms with van der Waals surface area (Å²) in [5, 5.41) is 3.47. The second-order valence-electron chi connectivity index (χ2n) is 4.65. The van der Waals surface area contributed by atoms with Crippen molar-refractivity contribution >= 4 is 15.9 Å². The molecule has 0 saturated carbocycles. The van der Waals surface area contributed by atoms with E-state index in [4.69, 9.17) is 9.47 Å². The number of methoxy groups -OCH3 is 1. The number of hydrogen-bond donors (Lipinski definition) is 1. The van der Waals surface area contributed by atoms with Gasteiger partial charge in [0, 0.05) is 12.6 Å². The van der Waals surface area contributed by atoms with Gasteiger partial charge >= 0.3 is 0 Å². The van der Waals surface area contributed by atoms with E-state index in [-0.39, 0.29) is 0 Å². The van der Waals surface area contributed by atoms with E-state index in [1.807, 2.05) is 6.07 Å². The molecule has 0 aliphatic heterocycles. The Morgan fingerprint density at radius 3 is 2.63 bits per heavy atom. The van der Waals surface area contributed by atoms with Crippen molar-refractivity contribution in [3.63, 3.8) is 0 Å². The van der Waals surface area contributed by atoms with Gasteiger partial charge in [-0.15, -0.1) is 0 Å². The lowest BCUT2D eigenvalue weighted by Crippen LogP contribution is -2.24. The van der Waals surface area contributed by atoms with Crippen LogP contribution in [0.1, 0.15) is 39.2 Å². The topological polar surface area (TPSA) is 30.5 Å². The fourth-order valence-electron chi connectivity index (χ4n) is 1.66. The Balaban J connectivity index is 2.83. The summed E-state index contributed by atoms with van der Waals surface area (Å²) in [6.07, 6.45) is 2.10. The number of hydrogen-bond acceptors (Lipinski definition) is 3. The maximum Gasteiger partial charge on any atom is 0.175 e. The van der Waals surface area contributed by atoms with Crippen LogP contribution in [0.3, 0.4) is 0 Å². The minimum Gasteiger partial charge on any atom is -0.493 e. The molecular weight excluding hydrogens is 306 g/mol. The fourth-order valence-corrected chi connectivity index (χ4v) is 2.26. The normalized spacial score (nSPS) is 12.3. The van der Waals surface area contributed by atoms with Gasteiger partial charge in [0.2, 0.25) is 0 Å². The van der Waals surface area contributed by atoms with Crippen LogP contribution in [0.2, 0.25) is 0 Å². The minimum atomic E-state index is 0.515. The molecule has 3 nitrogen and oxygen atoms in total. The second-order valence-corrected chi connectivity index (χ2v) is 5.50. The molecule has 0 amide bonds. The van der Waals surface area contributed by atoms with Crippen molar-refractivity contribution in [2.45, 2.75) is 46.2 Å². The van der Waals surface area contributed by atoms with E-state index in [0.717, 1.165) is 35.4 Å². The van der Waals surface area contributed by atoms with E-state index in [1.165, 1.54) is 5.56 Å². The van der Waals surface area contributed by atoms with Gasteiger partial charge in [0.1, 0.15) is 0 Å². The molecule has 1 unspecified atom stereocenters. The summed E-state index contributed by atoms with van der Waals surface area (Å²) < 4.78 is 12.1. The molecule has 0 aliphatic carbocycles. The van der Waals surface area contributed by atoms with E-state index in [0.29, 0.717) is 12.6 Å². The highest BCUT2D eigenvalue weighted by Gasteiger charge is 2.11. The smallest absolute Gasteiger partial charge is 0.175 e. The molecule has 0 saturated heterocycles. The van der Waals surface area contributed by atoms with Crippen LogP contribution in [-0.2, 0) is 6.54 Å². The van der Waals surface area contributed by atoms with Crippen molar-refractivity contribution in [1.29, 1.82) is 0 Å². The highest BCUT2D eigenvalue weighted by Crippen LogP contribution is 2.36. The molecule has 1 rings (SSSR count). The van der Waals surface area contributed by atoms with E-state index in [1.54, 1.807) is 7.11 Å². The van der Waals surface area contributed by atoms with Gasteiger partial charge in [0.15, 0.2) is 11.5 Å². The number of benzene rings is 1. The zero-order chi connectivity index (χ0) is 14.3. The van der Waals surface area contributed by atoms with Crippen molar-refractivity contribution in [2.24, 2.45) is 0 Å². The van der Waals surface area contributed by atoms with Crippen LogP contribution in [0.4, 0.5) is 0 Å². The highest BCUT2D eigenvalue weighted by atomic mass is 79.9. The van der Waals surface area contributed by atoms with Crippen LogP contribution in [0.5, 0.6) is 11.5 Å². The van der Waals surface area contributed by atoms with Crippen molar-refractivity contribution in [3.8, 4) is 11.5 Å². The molecule has 0 bridgehead atoms. The van der Waals surface area contributed by atoms with E-state index < -0.39 is 0 Å². The number of halogens is 1. The predicted octanol–water partition coefficient (Wildman–Crippen LogP) is 4.13. The van der Waals surface area contributed by atoms with E-state index in [2.05, 4.69) is 48.1 Å². The Morgan fingerprint density at radius 1 is 1.32 bits per heavy atom. The fraction of sp³-hybridized carbons (Fsp3) is 0.600. The quantitative estimate of drug-likeness (QED) is 0.777. The molecule has 0 radical (unpaired) electrons. The Bertz CT molecular complexity index is 396. The summed E-state index contributed by atoms with van der Waals surface area (Å²) in [7, 11) is 1.67. The lowest BCUT2D eigenvalue weighted by atomic mass is 10.1. The first kappa shape index (κ1) is 16.3. The molecule has 1 atom stereocenters. The summed E-state index contributed by atoms with van der Waals surface area (Å²) in [5.74, 6) is 1.57. The first-order valence-electron chi connectivity index (χ1n) is 6.84. The molecule has 0 spiro atoms. The maximum atomic E-state index is 5.72. The number of ether oxygens (including phenoxy) is 2. The Kier molecular flexibility index (Phi) is 7.24. The Morgan fingerprint density at radius 2 is 2.05 bits per heavy atom. The van der Waals surface area contributed by atoms with Crippen molar-refractivity contribution in [3.05, 3.63) is 22.2 Å². The van der Waals surface area contributed by atoms with Gasteiger partial charge in [-0.3, -0.25) is 0 Å². The van der Waals surface area contributed by atoms with E-state index in [9.17, 15) is 0 Å². The lowest BCUT2D eigenvalue weighted by molar-refractivity contribution is 0.292. The van der Waals surface area contributed by atoms with Crippen LogP contribution in [0.25, 0.3) is 0 Å². The molecule has 0 fully saturated rings. The van der Waals surface area contributed by atoms with Crippen LogP contribution in [0.15, 0.2) is 16.6 Å². The highest BCUT2D eigenvalue weighted by molar-refractivity contribution is 9.10. The predicted molar refractivity (Wildman–Crippen MR) is 83.1 cm³/mol. The van der Waals surface area contributed by atoms with Gasteiger partial charge < -0.3 is 14.8 Å². The summed E-state index contributed by atoms with van der Waals surface area (Å²) in [5.41, 5.74) is 1.19. The molecule has 19 heavy (non-hydrogen) atoms. The number of rotatable bonds is 8. The van der Waals surface area contributed by atoms with Gasteiger partial charge in [0.05, 0.1) is 18.2 Å². The minimum absolute atomic E-state index is 0.515. The first-order valence-corrected chi connectivity index (χ1v) is 7.64. The summed E-state index contributed by atoms with van der Waals surface area (Å²) in [4.78, 5) is 0.